The van der Waals surface area contributed by atoms with Crippen LogP contribution >= 0.6 is 0 Å². The van der Waals surface area contributed by atoms with Crippen molar-refractivity contribution in [3.8, 4) is 5.75 Å². The topological polar surface area (TPSA) is 76.1 Å². The number of carbonyl (C=O) groups is 2. The van der Waals surface area contributed by atoms with Crippen molar-refractivity contribution in [2.75, 3.05) is 4.90 Å². The highest BCUT2D eigenvalue weighted by Gasteiger charge is 2.38. The van der Waals surface area contributed by atoms with E-state index < -0.39 is 30.2 Å². The predicted molar refractivity (Wildman–Crippen MR) is 82.2 cm³/mol. The number of halogens is 1. The van der Waals surface area contributed by atoms with Crippen LogP contribution < -0.4 is 9.64 Å². The molecule has 0 aromatic heterocycles. The monoisotopic (exact) mass is 331 g/mol. The van der Waals surface area contributed by atoms with Crippen molar-refractivity contribution >= 4 is 17.7 Å². The van der Waals surface area contributed by atoms with Crippen LogP contribution in [0, 0.1) is 5.82 Å². The predicted octanol–water partition coefficient (Wildman–Crippen LogP) is 2.71. The van der Waals surface area contributed by atoms with E-state index in [-0.39, 0.29) is 11.4 Å². The molecule has 0 aliphatic carbocycles. The third kappa shape index (κ3) is 2.93. The molecule has 1 aliphatic heterocycles. The van der Waals surface area contributed by atoms with Crippen LogP contribution in [-0.2, 0) is 4.74 Å². The van der Waals surface area contributed by atoms with Crippen molar-refractivity contribution in [1.82, 2.24) is 0 Å². The summed E-state index contributed by atoms with van der Waals surface area (Å²) in [7, 11) is 0. The average Bonchev–Trinajstić information content (AvgIpc) is 2.83. The molecule has 1 amide bonds. The minimum absolute atomic E-state index is 0.195. The minimum atomic E-state index is -1.28. The molecule has 2 aromatic carbocycles. The van der Waals surface area contributed by atoms with Gasteiger partial charge < -0.3 is 14.6 Å². The number of esters is 1. The molecule has 1 aliphatic rings. The molecule has 2 aromatic rings. The van der Waals surface area contributed by atoms with Gasteiger partial charge in [-0.15, -0.1) is 0 Å². The van der Waals surface area contributed by atoms with E-state index >= 15 is 0 Å². The van der Waals surface area contributed by atoms with Crippen LogP contribution in [0.4, 0.5) is 14.9 Å². The van der Waals surface area contributed by atoms with Gasteiger partial charge >= 0.3 is 12.1 Å². The Balaban J connectivity index is 1.81. The van der Waals surface area contributed by atoms with Crippen LogP contribution in [0.15, 0.2) is 48.5 Å². The molecule has 0 bridgehead atoms. The van der Waals surface area contributed by atoms with Crippen LogP contribution in [-0.4, -0.2) is 29.5 Å². The molecule has 0 radical (unpaired) electrons. The van der Waals surface area contributed by atoms with E-state index in [2.05, 4.69) is 4.74 Å². The highest BCUT2D eigenvalue weighted by molar-refractivity contribution is 5.92. The van der Waals surface area contributed by atoms with E-state index in [1.165, 1.54) is 12.1 Å². The lowest BCUT2D eigenvalue weighted by Gasteiger charge is -2.19. The maximum absolute atomic E-state index is 14.2. The van der Waals surface area contributed by atoms with Crippen molar-refractivity contribution < 1.29 is 28.6 Å². The zero-order valence-corrected chi connectivity index (χ0v) is 12.7. The molecule has 1 saturated heterocycles. The van der Waals surface area contributed by atoms with Gasteiger partial charge in [-0.25, -0.2) is 14.0 Å². The smallest absolute Gasteiger partial charge is 0.417 e. The molecule has 1 unspecified atom stereocenters. The number of benzene rings is 2. The molecular formula is C17H14FNO5. The van der Waals surface area contributed by atoms with Gasteiger partial charge in [0.1, 0.15) is 0 Å². The maximum Gasteiger partial charge on any atom is 0.417 e. The summed E-state index contributed by atoms with van der Waals surface area (Å²) in [5.41, 5.74) is 0.488. The highest BCUT2D eigenvalue weighted by Crippen LogP contribution is 2.30. The number of nitrogens with zero attached hydrogens (tertiary/aromatic N) is 1. The van der Waals surface area contributed by atoms with Crippen molar-refractivity contribution in [3.63, 3.8) is 0 Å². The van der Waals surface area contributed by atoms with Crippen LogP contribution in [0.5, 0.6) is 5.75 Å². The fourth-order valence-electron chi connectivity index (χ4n) is 2.35. The minimum Gasteiger partial charge on any atom is -0.420 e. The SMILES string of the molecule is CC1[C@H](O)OC(=O)N1c1ccc(OC(=O)c2ccccc2)c(F)c1. The standard InChI is InChI=1S/C17H14FNO5/c1-10-15(20)24-17(22)19(10)12-7-8-14(13(18)9-12)23-16(21)11-5-3-2-4-6-11/h2-10,15,20H,1H3/t10?,15-/m1/s1. The van der Waals surface area contributed by atoms with Gasteiger partial charge in [0.15, 0.2) is 11.6 Å². The molecule has 1 heterocycles. The van der Waals surface area contributed by atoms with Gasteiger partial charge in [0, 0.05) is 6.07 Å². The Morgan fingerprint density at radius 2 is 1.96 bits per heavy atom. The highest BCUT2D eigenvalue weighted by atomic mass is 19.1. The van der Waals surface area contributed by atoms with Crippen LogP contribution in [0.2, 0.25) is 0 Å². The van der Waals surface area contributed by atoms with Crippen LogP contribution in [0.1, 0.15) is 17.3 Å². The number of amides is 1. The van der Waals surface area contributed by atoms with E-state index in [9.17, 15) is 19.1 Å². The largest absolute Gasteiger partial charge is 0.420 e. The number of anilines is 1. The molecule has 24 heavy (non-hydrogen) atoms. The number of aliphatic hydroxyl groups excluding tert-OH is 1. The fourth-order valence-corrected chi connectivity index (χ4v) is 2.35. The Kier molecular flexibility index (Phi) is 4.18. The molecule has 3 rings (SSSR count). The van der Waals surface area contributed by atoms with Crippen molar-refractivity contribution in [1.29, 1.82) is 0 Å². The van der Waals surface area contributed by atoms with Gasteiger partial charge in [-0.1, -0.05) is 18.2 Å². The average molecular weight is 331 g/mol. The first-order chi connectivity index (χ1) is 11.5. The summed E-state index contributed by atoms with van der Waals surface area (Å²) in [5.74, 6) is -1.75. The molecular weight excluding hydrogens is 317 g/mol. The first kappa shape index (κ1) is 15.9. The first-order valence-corrected chi connectivity index (χ1v) is 7.22. The van der Waals surface area contributed by atoms with E-state index in [0.29, 0.717) is 5.56 Å². The Morgan fingerprint density at radius 3 is 2.54 bits per heavy atom. The summed E-state index contributed by atoms with van der Waals surface area (Å²) in [4.78, 5) is 24.8. The lowest BCUT2D eigenvalue weighted by Crippen LogP contribution is -2.34. The zero-order chi connectivity index (χ0) is 17.3. The molecule has 0 spiro atoms. The second-order valence-electron chi connectivity index (χ2n) is 5.26. The Labute approximate surface area is 137 Å². The molecule has 6 nitrogen and oxygen atoms in total. The Bertz CT molecular complexity index is 780. The molecule has 1 N–H and O–H groups in total. The molecule has 124 valence electrons. The summed E-state index contributed by atoms with van der Waals surface area (Å²) >= 11 is 0. The van der Waals surface area contributed by atoms with Crippen molar-refractivity contribution in [3.05, 3.63) is 59.9 Å². The molecule has 2 atom stereocenters. The van der Waals surface area contributed by atoms with Gasteiger partial charge in [0.25, 0.3) is 0 Å². The van der Waals surface area contributed by atoms with Gasteiger partial charge in [0.2, 0.25) is 6.29 Å². The van der Waals surface area contributed by atoms with E-state index in [1.54, 1.807) is 37.3 Å². The van der Waals surface area contributed by atoms with Crippen LogP contribution in [0.25, 0.3) is 0 Å². The normalized spacial score (nSPS) is 20.0. The van der Waals surface area contributed by atoms with Crippen LogP contribution in [0.3, 0.4) is 0 Å². The van der Waals surface area contributed by atoms with E-state index in [0.717, 1.165) is 11.0 Å². The Morgan fingerprint density at radius 1 is 1.25 bits per heavy atom. The zero-order valence-electron chi connectivity index (χ0n) is 12.7. The number of hydrogen-bond acceptors (Lipinski definition) is 5. The lowest BCUT2D eigenvalue weighted by molar-refractivity contribution is -0.0312. The molecule has 1 fully saturated rings. The lowest BCUT2D eigenvalue weighted by atomic mass is 10.2. The van der Waals surface area contributed by atoms with Gasteiger partial charge in [-0.3, -0.25) is 4.90 Å². The summed E-state index contributed by atoms with van der Waals surface area (Å²) in [6.45, 7) is 1.57. The summed E-state index contributed by atoms with van der Waals surface area (Å²) < 4.78 is 23.9. The quantitative estimate of drug-likeness (QED) is 0.691. The number of rotatable bonds is 3. The number of hydrogen-bond donors (Lipinski definition) is 1. The second kappa shape index (κ2) is 6.29. The van der Waals surface area contributed by atoms with Crippen molar-refractivity contribution in [2.24, 2.45) is 0 Å². The van der Waals surface area contributed by atoms with E-state index in [1.807, 2.05) is 0 Å². The Hall–Kier alpha value is -2.93. The third-order valence-electron chi connectivity index (χ3n) is 3.64. The summed E-state index contributed by atoms with van der Waals surface area (Å²) in [6.07, 6.45) is -2.06. The van der Waals surface area contributed by atoms with Gasteiger partial charge in [0.05, 0.1) is 17.3 Å². The number of ether oxygens (including phenoxy) is 2. The number of carbonyl (C=O) groups excluding carboxylic acids is 2. The van der Waals surface area contributed by atoms with E-state index in [4.69, 9.17) is 4.74 Å². The molecule has 0 saturated carbocycles. The summed E-state index contributed by atoms with van der Waals surface area (Å²) in [6, 6.07) is 11.2. The fraction of sp³-hybridized carbons (Fsp3) is 0.176. The van der Waals surface area contributed by atoms with Gasteiger partial charge in [-0.2, -0.15) is 0 Å². The summed E-state index contributed by atoms with van der Waals surface area (Å²) in [5, 5.41) is 9.52. The maximum atomic E-state index is 14.2. The van der Waals surface area contributed by atoms with Crippen molar-refractivity contribution in [2.45, 2.75) is 19.3 Å². The third-order valence-corrected chi connectivity index (χ3v) is 3.64. The first-order valence-electron chi connectivity index (χ1n) is 7.22. The molecule has 7 heteroatoms. The number of cyclic esters (lactones) is 1. The van der Waals surface area contributed by atoms with Gasteiger partial charge in [-0.05, 0) is 31.2 Å². The second-order valence-corrected chi connectivity index (χ2v) is 5.26. The number of aliphatic hydroxyl groups is 1.